The molecule has 0 spiro atoms. The van der Waals surface area contributed by atoms with Crippen LogP contribution in [0.15, 0.2) is 41.4 Å². The molecule has 2 heterocycles. The number of nitro groups is 1. The standard InChI is InChI=1S/C21H26N4O8S/c1-14(2)33-20(26)12-17(16-5-3-4-6-19(16)25(28)29)23-21(27)18-11-15(13-22-18)34(30,31)24-7-9-32-10-8-24/h3-6,11,13-14,17,22H,7-10,12H2,1-2H3,(H,23,27). The first-order chi connectivity index (χ1) is 16.1. The molecule has 0 bridgehead atoms. The van der Waals surface area contributed by atoms with Crippen molar-refractivity contribution in [2.24, 2.45) is 0 Å². The number of esters is 1. The number of benzene rings is 1. The summed E-state index contributed by atoms with van der Waals surface area (Å²) in [5.74, 6) is -1.38. The van der Waals surface area contributed by atoms with Crippen LogP contribution in [0, 0.1) is 10.1 Å². The predicted molar refractivity (Wildman–Crippen MR) is 120 cm³/mol. The van der Waals surface area contributed by atoms with E-state index in [0.717, 1.165) is 0 Å². The fraction of sp³-hybridized carbons (Fsp3) is 0.429. The second-order valence-electron chi connectivity index (χ2n) is 7.85. The summed E-state index contributed by atoms with van der Waals surface area (Å²) in [6.07, 6.45) is 0.437. The number of nitrogens with one attached hydrogen (secondary N) is 2. The third-order valence-electron chi connectivity index (χ3n) is 5.06. The summed E-state index contributed by atoms with van der Waals surface area (Å²) in [4.78, 5) is 38.7. The Morgan fingerprint density at radius 3 is 2.59 bits per heavy atom. The van der Waals surface area contributed by atoms with E-state index in [1.54, 1.807) is 19.9 Å². The van der Waals surface area contributed by atoms with Crippen LogP contribution in [0.4, 0.5) is 5.69 Å². The van der Waals surface area contributed by atoms with Gasteiger partial charge >= 0.3 is 5.97 Å². The average Bonchev–Trinajstić information content (AvgIpc) is 3.30. The zero-order valence-corrected chi connectivity index (χ0v) is 19.5. The van der Waals surface area contributed by atoms with Gasteiger partial charge in [-0.05, 0) is 19.9 Å². The van der Waals surface area contributed by atoms with E-state index in [9.17, 15) is 28.1 Å². The normalized spacial score (nSPS) is 15.6. The number of nitro benzene ring substituents is 1. The molecule has 0 radical (unpaired) electrons. The molecular formula is C21H26N4O8S. The minimum Gasteiger partial charge on any atom is -0.463 e. The molecule has 1 atom stereocenters. The average molecular weight is 495 g/mol. The number of sulfonamides is 1. The van der Waals surface area contributed by atoms with Crippen LogP contribution in [0.3, 0.4) is 0 Å². The van der Waals surface area contributed by atoms with Crippen molar-refractivity contribution in [2.75, 3.05) is 26.3 Å². The van der Waals surface area contributed by atoms with E-state index in [0.29, 0.717) is 0 Å². The van der Waals surface area contributed by atoms with Gasteiger partial charge in [0.05, 0.1) is 42.3 Å². The highest BCUT2D eigenvalue weighted by Crippen LogP contribution is 2.28. The van der Waals surface area contributed by atoms with Gasteiger partial charge < -0.3 is 19.8 Å². The summed E-state index contributed by atoms with van der Waals surface area (Å²) < 4.78 is 37.2. The molecule has 1 amide bonds. The molecule has 0 aliphatic carbocycles. The lowest BCUT2D eigenvalue weighted by atomic mass is 10.0. The maximum absolute atomic E-state index is 12.9. The zero-order chi connectivity index (χ0) is 24.9. The molecule has 1 aromatic heterocycles. The van der Waals surface area contributed by atoms with E-state index in [1.807, 2.05) is 0 Å². The van der Waals surface area contributed by atoms with E-state index in [4.69, 9.17) is 9.47 Å². The Morgan fingerprint density at radius 1 is 1.26 bits per heavy atom. The van der Waals surface area contributed by atoms with Crippen LogP contribution in [0.5, 0.6) is 0 Å². The smallest absolute Gasteiger partial charge is 0.308 e. The number of carbonyl (C=O) groups excluding carboxylic acids is 2. The van der Waals surface area contributed by atoms with Crippen molar-refractivity contribution >= 4 is 27.6 Å². The number of para-hydroxylation sites is 1. The molecule has 1 unspecified atom stereocenters. The molecule has 1 fully saturated rings. The monoisotopic (exact) mass is 494 g/mol. The third-order valence-corrected chi connectivity index (χ3v) is 6.94. The third kappa shape index (κ3) is 5.98. The van der Waals surface area contributed by atoms with Crippen molar-refractivity contribution in [3.63, 3.8) is 0 Å². The maximum atomic E-state index is 12.9. The van der Waals surface area contributed by atoms with Crippen molar-refractivity contribution in [1.29, 1.82) is 0 Å². The van der Waals surface area contributed by atoms with Crippen LogP contribution in [0.2, 0.25) is 0 Å². The second-order valence-corrected chi connectivity index (χ2v) is 9.79. The van der Waals surface area contributed by atoms with Crippen molar-refractivity contribution in [2.45, 2.75) is 37.3 Å². The highest BCUT2D eigenvalue weighted by atomic mass is 32.2. The Balaban J connectivity index is 1.85. The Bertz CT molecular complexity index is 1160. The van der Waals surface area contributed by atoms with Gasteiger partial charge in [-0.25, -0.2) is 8.42 Å². The van der Waals surface area contributed by atoms with Gasteiger partial charge in [-0.3, -0.25) is 19.7 Å². The van der Waals surface area contributed by atoms with Crippen LogP contribution in [0.25, 0.3) is 0 Å². The molecular weight excluding hydrogens is 468 g/mol. The van der Waals surface area contributed by atoms with Crippen LogP contribution >= 0.6 is 0 Å². The molecule has 2 N–H and O–H groups in total. The fourth-order valence-electron chi connectivity index (χ4n) is 3.49. The topological polar surface area (TPSA) is 161 Å². The number of nitrogens with zero attached hydrogens (tertiary/aromatic N) is 2. The van der Waals surface area contributed by atoms with E-state index < -0.39 is 39.0 Å². The van der Waals surface area contributed by atoms with Gasteiger partial charge in [0.15, 0.2) is 0 Å². The first-order valence-corrected chi connectivity index (χ1v) is 12.0. The van der Waals surface area contributed by atoms with Gasteiger partial charge in [0.2, 0.25) is 10.0 Å². The van der Waals surface area contributed by atoms with Gasteiger partial charge in [0, 0.05) is 25.4 Å². The predicted octanol–water partition coefficient (Wildman–Crippen LogP) is 1.76. The van der Waals surface area contributed by atoms with Gasteiger partial charge in [-0.1, -0.05) is 18.2 Å². The van der Waals surface area contributed by atoms with Crippen LogP contribution in [-0.2, 0) is 24.3 Å². The number of aromatic nitrogens is 1. The number of amides is 1. The summed E-state index contributed by atoms with van der Waals surface area (Å²) in [5.41, 5.74) is -0.228. The van der Waals surface area contributed by atoms with Crippen molar-refractivity contribution < 1.29 is 32.4 Å². The summed E-state index contributed by atoms with van der Waals surface area (Å²) in [6.45, 7) is 4.28. The van der Waals surface area contributed by atoms with Crippen molar-refractivity contribution in [3.8, 4) is 0 Å². The van der Waals surface area contributed by atoms with Gasteiger partial charge in [0.1, 0.15) is 10.6 Å². The molecule has 34 heavy (non-hydrogen) atoms. The number of hydrogen-bond acceptors (Lipinski definition) is 8. The fourth-order valence-corrected chi connectivity index (χ4v) is 4.89. The Labute approximate surface area is 196 Å². The van der Waals surface area contributed by atoms with Crippen LogP contribution in [-0.4, -0.2) is 66.9 Å². The van der Waals surface area contributed by atoms with Gasteiger partial charge in [-0.15, -0.1) is 0 Å². The lowest BCUT2D eigenvalue weighted by molar-refractivity contribution is -0.385. The van der Waals surface area contributed by atoms with E-state index in [-0.39, 0.29) is 54.6 Å². The lowest BCUT2D eigenvalue weighted by Crippen LogP contribution is -2.40. The summed E-state index contributed by atoms with van der Waals surface area (Å²) >= 11 is 0. The number of ether oxygens (including phenoxy) is 2. The molecule has 1 aliphatic rings. The Morgan fingerprint density at radius 2 is 1.94 bits per heavy atom. The van der Waals surface area contributed by atoms with Gasteiger partial charge in [-0.2, -0.15) is 4.31 Å². The zero-order valence-electron chi connectivity index (χ0n) is 18.7. The van der Waals surface area contributed by atoms with E-state index in [1.165, 1.54) is 34.8 Å². The second kappa shape index (κ2) is 10.8. The lowest BCUT2D eigenvalue weighted by Gasteiger charge is -2.25. The number of hydrogen-bond donors (Lipinski definition) is 2. The minimum atomic E-state index is -3.83. The molecule has 184 valence electrons. The maximum Gasteiger partial charge on any atom is 0.308 e. The number of H-pyrrole nitrogens is 1. The highest BCUT2D eigenvalue weighted by Gasteiger charge is 2.30. The van der Waals surface area contributed by atoms with Crippen molar-refractivity contribution in [3.05, 3.63) is 57.9 Å². The number of carbonyl (C=O) groups is 2. The summed E-state index contributed by atoms with van der Waals surface area (Å²) in [7, 11) is -3.83. The highest BCUT2D eigenvalue weighted by molar-refractivity contribution is 7.89. The quantitative estimate of drug-likeness (QED) is 0.303. The molecule has 12 nitrogen and oxygen atoms in total. The Hall–Kier alpha value is -3.29. The molecule has 1 aliphatic heterocycles. The first-order valence-electron chi connectivity index (χ1n) is 10.6. The van der Waals surface area contributed by atoms with E-state index >= 15 is 0 Å². The molecule has 1 aromatic carbocycles. The summed E-state index contributed by atoms with van der Waals surface area (Å²) in [5, 5.41) is 14.1. The van der Waals surface area contributed by atoms with Crippen molar-refractivity contribution in [1.82, 2.24) is 14.6 Å². The molecule has 13 heteroatoms. The first kappa shape index (κ1) is 25.3. The molecule has 1 saturated heterocycles. The number of aromatic amines is 1. The Kier molecular flexibility index (Phi) is 8.02. The minimum absolute atomic E-state index is 0.0763. The SMILES string of the molecule is CC(C)OC(=O)CC(NC(=O)c1cc(S(=O)(=O)N2CCOCC2)c[nH]1)c1ccccc1[N+](=O)[O-]. The van der Waals surface area contributed by atoms with Gasteiger partial charge in [0.25, 0.3) is 11.6 Å². The molecule has 2 aromatic rings. The molecule has 0 saturated carbocycles. The summed E-state index contributed by atoms with van der Waals surface area (Å²) in [6, 6.07) is 5.84. The number of morpholine rings is 1. The number of rotatable bonds is 9. The van der Waals surface area contributed by atoms with Crippen LogP contribution < -0.4 is 5.32 Å². The van der Waals surface area contributed by atoms with Crippen LogP contribution in [0.1, 0.15) is 42.4 Å². The largest absolute Gasteiger partial charge is 0.463 e. The van der Waals surface area contributed by atoms with E-state index in [2.05, 4.69) is 10.3 Å². The molecule has 3 rings (SSSR count).